The Morgan fingerprint density at radius 2 is 2.06 bits per heavy atom. The number of carbonyl (C=O) groups excluding carboxylic acids is 1. The molecule has 1 saturated heterocycles. The van der Waals surface area contributed by atoms with Gasteiger partial charge < -0.3 is 20.7 Å². The number of pyridine rings is 2. The van der Waals surface area contributed by atoms with Crippen molar-refractivity contribution in [2.75, 3.05) is 19.6 Å². The van der Waals surface area contributed by atoms with Crippen LogP contribution in [-0.4, -0.2) is 47.5 Å². The van der Waals surface area contributed by atoms with E-state index in [-0.39, 0.29) is 11.9 Å². The molecule has 3 aromatic heterocycles. The second-order valence-electron chi connectivity index (χ2n) is 9.43. The van der Waals surface area contributed by atoms with Crippen molar-refractivity contribution in [2.24, 2.45) is 0 Å². The predicted molar refractivity (Wildman–Crippen MR) is 139 cm³/mol. The molecule has 4 rings (SSSR count). The number of thiophene rings is 1. The summed E-state index contributed by atoms with van der Waals surface area (Å²) in [5, 5.41) is 23.1. The van der Waals surface area contributed by atoms with Crippen LogP contribution in [0.4, 0.5) is 0 Å². The lowest BCUT2D eigenvalue weighted by Crippen LogP contribution is -2.47. The average Bonchev–Trinajstić information content (AvgIpc) is 3.40. The van der Waals surface area contributed by atoms with Crippen molar-refractivity contribution in [3.63, 3.8) is 0 Å². The van der Waals surface area contributed by atoms with Gasteiger partial charge in [0.15, 0.2) is 6.20 Å². The van der Waals surface area contributed by atoms with E-state index in [1.54, 1.807) is 24.3 Å². The molecule has 0 bridgehead atoms. The molecule has 0 aromatic carbocycles. The maximum atomic E-state index is 12.7. The first kappa shape index (κ1) is 25.3. The zero-order valence-electron chi connectivity index (χ0n) is 20.7. The summed E-state index contributed by atoms with van der Waals surface area (Å²) in [6, 6.07) is 9.01. The van der Waals surface area contributed by atoms with Crippen molar-refractivity contribution in [3.8, 4) is 0 Å². The highest BCUT2D eigenvalue weighted by molar-refractivity contribution is 7.08. The van der Waals surface area contributed by atoms with E-state index in [0.29, 0.717) is 29.9 Å². The second kappa shape index (κ2) is 11.7. The Hall–Kier alpha value is -2.81. The first-order valence-electron chi connectivity index (χ1n) is 12.3. The van der Waals surface area contributed by atoms with E-state index >= 15 is 0 Å². The van der Waals surface area contributed by atoms with Crippen molar-refractivity contribution in [3.05, 3.63) is 86.8 Å². The fraction of sp³-hybridized carbons (Fsp3) is 0.444. The van der Waals surface area contributed by atoms with E-state index in [4.69, 9.17) is 0 Å². The molecule has 7 nitrogen and oxygen atoms in total. The third kappa shape index (κ3) is 6.25. The number of piperidine rings is 1. The SMILES string of the molecule is Cc1cc[n+]([O-])c(C)c1C(=O)NCCC(C)N1CCC(NC(c2cccnc2)c2ccsc2)CC1. The lowest BCUT2D eigenvalue weighted by Gasteiger charge is -2.38. The number of likely N-dealkylation sites (tertiary alicyclic amines) is 1. The lowest BCUT2D eigenvalue weighted by molar-refractivity contribution is -0.612. The Balaban J connectivity index is 1.26. The summed E-state index contributed by atoms with van der Waals surface area (Å²) < 4.78 is 0.750. The minimum atomic E-state index is -0.171. The number of nitrogens with zero attached hydrogens (tertiary/aromatic N) is 3. The molecule has 0 radical (unpaired) electrons. The Kier molecular flexibility index (Phi) is 8.49. The van der Waals surface area contributed by atoms with Gasteiger partial charge in [-0.2, -0.15) is 16.1 Å². The number of aromatic nitrogens is 2. The summed E-state index contributed by atoms with van der Waals surface area (Å²) in [5.74, 6) is -0.171. The molecule has 1 aliphatic heterocycles. The summed E-state index contributed by atoms with van der Waals surface area (Å²) in [4.78, 5) is 19.5. The molecule has 0 aliphatic carbocycles. The number of nitrogens with one attached hydrogen (secondary N) is 2. The Labute approximate surface area is 211 Å². The van der Waals surface area contributed by atoms with Crippen molar-refractivity contribution < 1.29 is 9.52 Å². The highest BCUT2D eigenvalue weighted by Gasteiger charge is 2.26. The molecule has 0 spiro atoms. The van der Waals surface area contributed by atoms with Crippen LogP contribution in [0.1, 0.15) is 65.0 Å². The molecular weight excluding hydrogens is 458 g/mol. The molecular formula is C27H35N5O2S. The first-order valence-corrected chi connectivity index (χ1v) is 13.3. The van der Waals surface area contributed by atoms with Crippen LogP contribution in [0, 0.1) is 19.1 Å². The van der Waals surface area contributed by atoms with Crippen molar-refractivity contribution >= 4 is 17.2 Å². The minimum absolute atomic E-state index is 0.164. The number of carbonyl (C=O) groups is 1. The van der Waals surface area contributed by atoms with Crippen LogP contribution < -0.4 is 15.4 Å². The number of amides is 1. The summed E-state index contributed by atoms with van der Waals surface area (Å²) in [7, 11) is 0. The zero-order valence-corrected chi connectivity index (χ0v) is 21.6. The van der Waals surface area contributed by atoms with Gasteiger partial charge in [-0.1, -0.05) is 6.07 Å². The van der Waals surface area contributed by atoms with E-state index < -0.39 is 0 Å². The molecule has 4 heterocycles. The number of rotatable bonds is 9. The van der Waals surface area contributed by atoms with E-state index in [2.05, 4.69) is 50.3 Å². The molecule has 0 saturated carbocycles. The fourth-order valence-electron chi connectivity index (χ4n) is 4.89. The summed E-state index contributed by atoms with van der Waals surface area (Å²) >= 11 is 1.72. The Morgan fingerprint density at radius 3 is 2.74 bits per heavy atom. The standard InChI is InChI=1S/C27H35N5O2S/c1-19-7-15-32(34)21(3)25(19)27(33)29-12-6-20(2)31-13-8-24(9-14-31)30-26(23-10-16-35-18-23)22-5-4-11-28-17-22/h4-5,7,10-11,15-18,20,24,26,30H,6,8-9,12-14H2,1-3H3,(H,29,33). The monoisotopic (exact) mass is 493 g/mol. The lowest BCUT2D eigenvalue weighted by atomic mass is 9.97. The van der Waals surface area contributed by atoms with Crippen LogP contribution in [0.2, 0.25) is 0 Å². The molecule has 35 heavy (non-hydrogen) atoms. The van der Waals surface area contributed by atoms with Crippen LogP contribution in [0.15, 0.2) is 53.6 Å². The van der Waals surface area contributed by atoms with Gasteiger partial charge in [0.25, 0.3) is 5.91 Å². The van der Waals surface area contributed by atoms with Crippen molar-refractivity contribution in [1.82, 2.24) is 20.5 Å². The van der Waals surface area contributed by atoms with Crippen molar-refractivity contribution in [2.45, 2.75) is 58.2 Å². The first-order chi connectivity index (χ1) is 16.9. The van der Waals surface area contributed by atoms with Gasteiger partial charge in [0.05, 0.1) is 6.04 Å². The highest BCUT2D eigenvalue weighted by Crippen LogP contribution is 2.26. The molecule has 2 atom stereocenters. The normalized spacial score (nSPS) is 16.7. The molecule has 2 unspecified atom stereocenters. The number of hydrogen-bond acceptors (Lipinski definition) is 6. The third-order valence-electron chi connectivity index (χ3n) is 7.07. The second-order valence-corrected chi connectivity index (χ2v) is 10.2. The molecule has 1 amide bonds. The van der Waals surface area contributed by atoms with Gasteiger partial charge in [0, 0.05) is 44.0 Å². The van der Waals surface area contributed by atoms with E-state index in [1.165, 1.54) is 17.3 Å². The van der Waals surface area contributed by atoms with Crippen LogP contribution >= 0.6 is 11.3 Å². The van der Waals surface area contributed by atoms with Crippen molar-refractivity contribution in [1.29, 1.82) is 0 Å². The number of hydrogen-bond donors (Lipinski definition) is 2. The quantitative estimate of drug-likeness (QED) is 0.350. The molecule has 1 fully saturated rings. The molecule has 3 aromatic rings. The molecule has 1 aliphatic rings. The van der Waals surface area contributed by atoms with Gasteiger partial charge >= 0.3 is 0 Å². The maximum Gasteiger partial charge on any atom is 0.257 e. The minimum Gasteiger partial charge on any atom is -0.618 e. The van der Waals surface area contributed by atoms with Crippen LogP contribution in [0.25, 0.3) is 0 Å². The largest absolute Gasteiger partial charge is 0.618 e. The Morgan fingerprint density at radius 1 is 1.26 bits per heavy atom. The Bertz CT molecular complexity index is 1100. The van der Waals surface area contributed by atoms with Crippen LogP contribution in [0.3, 0.4) is 0 Å². The van der Waals surface area contributed by atoms with Gasteiger partial charge in [-0.15, -0.1) is 0 Å². The molecule has 186 valence electrons. The van der Waals surface area contributed by atoms with Gasteiger partial charge in [0.1, 0.15) is 5.56 Å². The fourth-order valence-corrected chi connectivity index (χ4v) is 5.58. The molecule has 8 heteroatoms. The topological polar surface area (TPSA) is 84.2 Å². The van der Waals surface area contributed by atoms with E-state index in [0.717, 1.165) is 42.6 Å². The van der Waals surface area contributed by atoms with Gasteiger partial charge in [-0.05, 0) is 85.8 Å². The highest BCUT2D eigenvalue weighted by atomic mass is 32.1. The third-order valence-corrected chi connectivity index (χ3v) is 7.77. The van der Waals surface area contributed by atoms with E-state index in [1.807, 2.05) is 25.4 Å². The van der Waals surface area contributed by atoms with Crippen LogP contribution in [-0.2, 0) is 0 Å². The zero-order chi connectivity index (χ0) is 24.8. The summed E-state index contributed by atoms with van der Waals surface area (Å²) in [6.07, 6.45) is 8.27. The average molecular weight is 494 g/mol. The van der Waals surface area contributed by atoms with Crippen LogP contribution in [0.5, 0.6) is 0 Å². The predicted octanol–water partition coefficient (Wildman–Crippen LogP) is 3.75. The summed E-state index contributed by atoms with van der Waals surface area (Å²) in [5.41, 5.74) is 4.24. The van der Waals surface area contributed by atoms with Gasteiger partial charge in [-0.3, -0.25) is 9.78 Å². The maximum absolute atomic E-state index is 12.7. The van der Waals surface area contributed by atoms with Gasteiger partial charge in [0.2, 0.25) is 5.69 Å². The number of aryl methyl sites for hydroxylation is 1. The molecule has 2 N–H and O–H groups in total. The van der Waals surface area contributed by atoms with E-state index in [9.17, 15) is 10.0 Å². The summed E-state index contributed by atoms with van der Waals surface area (Å²) in [6.45, 7) is 8.43. The smallest absolute Gasteiger partial charge is 0.257 e. The van der Waals surface area contributed by atoms with Gasteiger partial charge in [-0.25, -0.2) is 0 Å².